The molecule has 0 spiro atoms. The minimum Gasteiger partial charge on any atom is -0.497 e. The highest BCUT2D eigenvalue weighted by Crippen LogP contribution is 2.50. The summed E-state index contributed by atoms with van der Waals surface area (Å²) in [6.45, 7) is 5.40. The molecule has 1 aliphatic carbocycles. The molecular weight excluding hydrogens is 612 g/mol. The summed E-state index contributed by atoms with van der Waals surface area (Å²) in [6.07, 6.45) is 3.40. The fourth-order valence-corrected chi connectivity index (χ4v) is 6.21. The Morgan fingerprint density at radius 3 is 2.40 bits per heavy atom. The molecule has 3 aromatic carbocycles. The van der Waals surface area contributed by atoms with Crippen LogP contribution in [-0.2, 0) is 16.0 Å². The predicted molar refractivity (Wildman–Crippen MR) is 186 cm³/mol. The van der Waals surface area contributed by atoms with E-state index >= 15 is 0 Å². The normalized spacial score (nSPS) is 14.8. The molecular formula is C37H42N4O7. The molecule has 0 saturated heterocycles. The topological polar surface area (TPSA) is 137 Å². The first-order valence-electron chi connectivity index (χ1n) is 15.9. The van der Waals surface area contributed by atoms with Gasteiger partial charge in [-0.25, -0.2) is 0 Å². The van der Waals surface area contributed by atoms with Gasteiger partial charge in [0.15, 0.2) is 11.5 Å². The zero-order chi connectivity index (χ0) is 34.5. The van der Waals surface area contributed by atoms with E-state index in [2.05, 4.69) is 20.9 Å². The van der Waals surface area contributed by atoms with Gasteiger partial charge >= 0.3 is 0 Å². The van der Waals surface area contributed by atoms with E-state index in [-0.39, 0.29) is 28.8 Å². The molecule has 48 heavy (non-hydrogen) atoms. The highest BCUT2D eigenvalue weighted by Gasteiger charge is 2.30. The van der Waals surface area contributed by atoms with Crippen LogP contribution in [0.25, 0.3) is 22.0 Å². The van der Waals surface area contributed by atoms with Gasteiger partial charge in [0.2, 0.25) is 23.0 Å². The lowest BCUT2D eigenvalue weighted by molar-refractivity contribution is -0.120. The minimum absolute atomic E-state index is 0.130. The Morgan fingerprint density at radius 2 is 1.73 bits per heavy atom. The number of benzene rings is 2. The van der Waals surface area contributed by atoms with Crippen LogP contribution in [0.5, 0.6) is 23.0 Å². The van der Waals surface area contributed by atoms with E-state index in [1.165, 1.54) is 13.0 Å². The van der Waals surface area contributed by atoms with Crippen LogP contribution in [0.1, 0.15) is 50.8 Å². The van der Waals surface area contributed by atoms with Gasteiger partial charge in [-0.15, -0.1) is 0 Å². The van der Waals surface area contributed by atoms with Gasteiger partial charge in [-0.05, 0) is 71.8 Å². The maximum Gasteiger partial charge on any atom is 0.247 e. The minimum atomic E-state index is -0.742. The second kappa shape index (κ2) is 14.6. The standard InChI is InChI=1S/C37H42N4O7/c1-8-20(2)34(37(44)40-24-15-22-9-11-25(45-4)17-30(22)38-19-24)41-29-14-12-26-27(18-31(29)43)28(39-21(3)42)13-10-23-16-32(46-5)35(47-6)36(48-7)33(23)26/h9,11-12,14-20,28,34H,8,10,13H2,1-7H3,(H,39,42)(H,40,44)(H,41,43). The first-order valence-corrected chi connectivity index (χ1v) is 15.9. The molecule has 11 heteroatoms. The van der Waals surface area contributed by atoms with Gasteiger partial charge in [0, 0.05) is 23.9 Å². The Balaban J connectivity index is 1.57. The summed E-state index contributed by atoms with van der Waals surface area (Å²) in [5.74, 6) is 1.45. The molecule has 3 N–H and O–H groups in total. The Morgan fingerprint density at radius 1 is 0.958 bits per heavy atom. The summed E-state index contributed by atoms with van der Waals surface area (Å²) < 4.78 is 22.5. The van der Waals surface area contributed by atoms with Crippen LogP contribution < -0.4 is 40.3 Å². The van der Waals surface area contributed by atoms with Crippen LogP contribution in [0.3, 0.4) is 0 Å². The molecule has 4 aromatic rings. The highest BCUT2D eigenvalue weighted by atomic mass is 16.5. The van der Waals surface area contributed by atoms with Crippen molar-refractivity contribution < 1.29 is 28.5 Å². The largest absolute Gasteiger partial charge is 0.497 e. The number of nitrogens with one attached hydrogen (secondary N) is 3. The fraction of sp³-hybridized carbons (Fsp3) is 0.351. The molecule has 0 bridgehead atoms. The number of rotatable bonds is 11. The van der Waals surface area contributed by atoms with Gasteiger partial charge < -0.3 is 34.9 Å². The van der Waals surface area contributed by atoms with Crippen molar-refractivity contribution in [3.05, 3.63) is 76.1 Å². The Labute approximate surface area is 280 Å². The molecule has 3 atom stereocenters. The lowest BCUT2D eigenvalue weighted by Gasteiger charge is -2.24. The van der Waals surface area contributed by atoms with Crippen molar-refractivity contribution in [1.82, 2.24) is 10.3 Å². The van der Waals surface area contributed by atoms with Crippen molar-refractivity contribution in [3.8, 4) is 34.1 Å². The van der Waals surface area contributed by atoms with Gasteiger partial charge in [-0.3, -0.25) is 19.4 Å². The Kier molecular flexibility index (Phi) is 10.4. The van der Waals surface area contributed by atoms with E-state index in [4.69, 9.17) is 18.9 Å². The number of nitrogens with zero attached hydrogens (tertiary/aromatic N) is 1. The molecule has 5 rings (SSSR count). The van der Waals surface area contributed by atoms with Crippen molar-refractivity contribution in [1.29, 1.82) is 0 Å². The summed E-state index contributed by atoms with van der Waals surface area (Å²) >= 11 is 0. The van der Waals surface area contributed by atoms with E-state index in [0.717, 1.165) is 22.0 Å². The second-order valence-corrected chi connectivity index (χ2v) is 11.9. The Hall–Kier alpha value is -5.32. The summed E-state index contributed by atoms with van der Waals surface area (Å²) in [5, 5.41) is 10.1. The molecule has 0 saturated carbocycles. The number of amides is 2. The SMILES string of the molecule is CCC(C)C(Nc1ccc2c(cc1=O)C(NC(C)=O)CCc1cc(OC)c(OC)c(OC)c1-2)C(=O)Nc1cnc2cc(OC)ccc2c1. The molecule has 1 aromatic heterocycles. The lowest BCUT2D eigenvalue weighted by Crippen LogP contribution is -2.40. The summed E-state index contributed by atoms with van der Waals surface area (Å²) in [7, 11) is 6.26. The number of aromatic nitrogens is 1. The number of aryl methyl sites for hydroxylation is 1. The van der Waals surface area contributed by atoms with E-state index in [1.807, 2.05) is 50.2 Å². The van der Waals surface area contributed by atoms with Crippen molar-refractivity contribution in [2.24, 2.45) is 5.92 Å². The molecule has 2 amide bonds. The van der Waals surface area contributed by atoms with Gasteiger partial charge in [-0.1, -0.05) is 26.3 Å². The van der Waals surface area contributed by atoms with Crippen LogP contribution in [0.15, 0.2) is 59.5 Å². The van der Waals surface area contributed by atoms with Gasteiger partial charge in [0.05, 0.1) is 57.6 Å². The number of carbonyl (C=O) groups excluding carboxylic acids is 2. The maximum absolute atomic E-state index is 13.9. The lowest BCUT2D eigenvalue weighted by atomic mass is 9.95. The third-order valence-electron chi connectivity index (χ3n) is 8.88. The average molecular weight is 655 g/mol. The third-order valence-corrected chi connectivity index (χ3v) is 8.88. The predicted octanol–water partition coefficient (Wildman–Crippen LogP) is 5.89. The summed E-state index contributed by atoms with van der Waals surface area (Å²) in [4.78, 5) is 44.5. The molecule has 3 unspecified atom stereocenters. The van der Waals surface area contributed by atoms with E-state index in [0.29, 0.717) is 59.1 Å². The van der Waals surface area contributed by atoms with Gasteiger partial charge in [0.25, 0.3) is 0 Å². The summed E-state index contributed by atoms with van der Waals surface area (Å²) in [6, 6.07) is 13.2. The number of hydrogen-bond acceptors (Lipinski definition) is 9. The Bertz CT molecular complexity index is 1910. The number of carbonyl (C=O) groups is 2. The van der Waals surface area contributed by atoms with Crippen molar-refractivity contribution >= 4 is 34.1 Å². The van der Waals surface area contributed by atoms with Crippen LogP contribution in [0.4, 0.5) is 11.4 Å². The molecule has 1 aliphatic rings. The molecule has 1 heterocycles. The smallest absolute Gasteiger partial charge is 0.247 e. The van der Waals surface area contributed by atoms with Crippen molar-refractivity contribution in [3.63, 3.8) is 0 Å². The molecule has 252 valence electrons. The molecule has 11 nitrogen and oxygen atoms in total. The van der Waals surface area contributed by atoms with Gasteiger partial charge in [0.1, 0.15) is 11.8 Å². The van der Waals surface area contributed by atoms with E-state index in [9.17, 15) is 14.4 Å². The van der Waals surface area contributed by atoms with Gasteiger partial charge in [-0.2, -0.15) is 0 Å². The van der Waals surface area contributed by atoms with Crippen LogP contribution in [0.2, 0.25) is 0 Å². The average Bonchev–Trinajstić information content (AvgIpc) is 3.33. The zero-order valence-corrected chi connectivity index (χ0v) is 28.4. The number of anilines is 2. The zero-order valence-electron chi connectivity index (χ0n) is 28.4. The number of hydrogen-bond donors (Lipinski definition) is 3. The maximum atomic E-state index is 13.9. The van der Waals surface area contributed by atoms with E-state index < -0.39 is 12.1 Å². The highest BCUT2D eigenvalue weighted by molar-refractivity contribution is 5.98. The van der Waals surface area contributed by atoms with Crippen molar-refractivity contribution in [2.75, 3.05) is 39.1 Å². The summed E-state index contributed by atoms with van der Waals surface area (Å²) in [5.41, 5.74) is 4.20. The number of fused-ring (bicyclic) bond motifs is 4. The first-order chi connectivity index (χ1) is 23.1. The van der Waals surface area contributed by atoms with Crippen LogP contribution in [0, 0.1) is 5.92 Å². The van der Waals surface area contributed by atoms with Crippen molar-refractivity contribution in [2.45, 2.75) is 52.1 Å². The molecule has 0 fully saturated rings. The van der Waals surface area contributed by atoms with E-state index in [1.54, 1.807) is 40.7 Å². The molecule has 0 radical (unpaired) electrons. The third kappa shape index (κ3) is 6.85. The monoisotopic (exact) mass is 654 g/mol. The number of ether oxygens (including phenoxy) is 4. The second-order valence-electron chi connectivity index (χ2n) is 11.9. The first kappa shape index (κ1) is 34.0. The van der Waals surface area contributed by atoms with Crippen LogP contribution in [-0.4, -0.2) is 51.3 Å². The number of pyridine rings is 1. The fourth-order valence-electron chi connectivity index (χ4n) is 6.21. The number of methoxy groups -OCH3 is 4. The quantitative estimate of drug-likeness (QED) is 0.181. The van der Waals surface area contributed by atoms with Crippen LogP contribution >= 0.6 is 0 Å². The molecule has 0 aliphatic heterocycles.